The Morgan fingerprint density at radius 2 is 1.42 bits per heavy atom. The Kier molecular flexibility index (Phi) is 5.95. The lowest BCUT2D eigenvalue weighted by atomic mass is 10.1. The van der Waals surface area contributed by atoms with E-state index in [1.807, 2.05) is 30.3 Å². The van der Waals surface area contributed by atoms with Crippen LogP contribution >= 0.6 is 0 Å². The minimum absolute atomic E-state index is 0.0294. The second-order valence-corrected chi connectivity index (χ2v) is 7.09. The number of para-hydroxylation sites is 1. The number of benzene rings is 3. The molecule has 0 spiro atoms. The number of rotatable bonds is 5. The number of carbonyl (C=O) groups is 1. The van der Waals surface area contributed by atoms with Crippen molar-refractivity contribution in [2.24, 2.45) is 5.10 Å². The van der Waals surface area contributed by atoms with Gasteiger partial charge in [-0.25, -0.2) is 22.0 Å². The van der Waals surface area contributed by atoms with Crippen LogP contribution in [0.15, 0.2) is 65.3 Å². The lowest BCUT2D eigenvalue weighted by Gasteiger charge is -2.15. The second kappa shape index (κ2) is 8.85. The lowest BCUT2D eigenvalue weighted by Crippen LogP contribution is -2.25. The molecule has 0 saturated heterocycles. The van der Waals surface area contributed by atoms with Gasteiger partial charge < -0.3 is 4.74 Å². The van der Waals surface area contributed by atoms with Crippen molar-refractivity contribution in [1.29, 1.82) is 0 Å². The van der Waals surface area contributed by atoms with Crippen LogP contribution in [0.4, 0.5) is 27.6 Å². The van der Waals surface area contributed by atoms with Gasteiger partial charge in [0, 0.05) is 5.56 Å². The van der Waals surface area contributed by atoms with Crippen molar-refractivity contribution < 1.29 is 31.5 Å². The summed E-state index contributed by atoms with van der Waals surface area (Å²) in [5.41, 5.74) is -0.123. The summed E-state index contributed by atoms with van der Waals surface area (Å²) in [5.74, 6) is -11.6. The molecule has 4 rings (SSSR count). The van der Waals surface area contributed by atoms with Crippen molar-refractivity contribution in [2.45, 2.75) is 13.5 Å². The first-order chi connectivity index (χ1) is 15.8. The molecule has 4 nitrogen and oxygen atoms in total. The zero-order chi connectivity index (χ0) is 23.7. The van der Waals surface area contributed by atoms with Crippen molar-refractivity contribution in [3.05, 3.63) is 100 Å². The Labute approximate surface area is 185 Å². The first-order valence-corrected chi connectivity index (χ1v) is 9.68. The Balaban J connectivity index is 1.67. The van der Waals surface area contributed by atoms with Gasteiger partial charge in [-0.15, -0.1) is 0 Å². The molecule has 0 unspecified atom stereocenters. The van der Waals surface area contributed by atoms with E-state index < -0.39 is 40.7 Å². The van der Waals surface area contributed by atoms with E-state index in [1.165, 1.54) is 13.0 Å². The third-order valence-corrected chi connectivity index (χ3v) is 4.92. The van der Waals surface area contributed by atoms with E-state index in [0.29, 0.717) is 11.3 Å². The van der Waals surface area contributed by atoms with Gasteiger partial charge in [0.25, 0.3) is 5.91 Å². The van der Waals surface area contributed by atoms with Crippen LogP contribution in [0.3, 0.4) is 0 Å². The quantitative estimate of drug-likeness (QED) is 0.211. The summed E-state index contributed by atoms with van der Waals surface area (Å²) < 4.78 is 74.9. The zero-order valence-electron chi connectivity index (χ0n) is 17.1. The second-order valence-electron chi connectivity index (χ2n) is 7.09. The molecule has 1 amide bonds. The number of hydrazone groups is 1. The van der Waals surface area contributed by atoms with E-state index in [1.54, 1.807) is 24.3 Å². The fraction of sp³-hybridized carbons (Fsp3) is 0.0833. The molecule has 0 aromatic heterocycles. The van der Waals surface area contributed by atoms with Gasteiger partial charge in [0.15, 0.2) is 23.3 Å². The molecule has 9 heteroatoms. The van der Waals surface area contributed by atoms with E-state index in [0.717, 1.165) is 5.56 Å². The van der Waals surface area contributed by atoms with Gasteiger partial charge in [-0.2, -0.15) is 10.1 Å². The molecule has 0 N–H and O–H groups in total. The van der Waals surface area contributed by atoms with Gasteiger partial charge in [-0.3, -0.25) is 4.79 Å². The van der Waals surface area contributed by atoms with E-state index in [4.69, 9.17) is 4.74 Å². The highest BCUT2D eigenvalue weighted by Gasteiger charge is 2.37. The SMILES string of the molecule is CC1=NN(c2c(F)c(F)c(F)c(F)c2F)C(=O)/C1=C\c1ccccc1OCc1ccccc1. The molecular weight excluding hydrogens is 443 g/mol. The molecule has 0 bridgehead atoms. The first kappa shape index (κ1) is 22.2. The third-order valence-electron chi connectivity index (χ3n) is 4.92. The zero-order valence-corrected chi connectivity index (χ0v) is 17.1. The maximum atomic E-state index is 14.2. The summed E-state index contributed by atoms with van der Waals surface area (Å²) in [4.78, 5) is 12.9. The Morgan fingerprint density at radius 3 is 2.09 bits per heavy atom. The summed E-state index contributed by atoms with van der Waals surface area (Å²) in [6.45, 7) is 1.63. The average Bonchev–Trinajstić information content (AvgIpc) is 3.10. The molecule has 1 aliphatic heterocycles. The monoisotopic (exact) mass is 458 g/mol. The largest absolute Gasteiger partial charge is 0.488 e. The topological polar surface area (TPSA) is 41.9 Å². The number of amides is 1. The molecule has 33 heavy (non-hydrogen) atoms. The Bertz CT molecular complexity index is 1280. The van der Waals surface area contributed by atoms with E-state index in [9.17, 15) is 26.7 Å². The van der Waals surface area contributed by atoms with Crippen LogP contribution in [0.25, 0.3) is 6.08 Å². The highest BCUT2D eigenvalue weighted by atomic mass is 19.2. The van der Waals surface area contributed by atoms with E-state index in [2.05, 4.69) is 5.10 Å². The van der Waals surface area contributed by atoms with Crippen LogP contribution in [0, 0.1) is 29.1 Å². The number of nitrogens with zero attached hydrogens (tertiary/aromatic N) is 2. The summed E-state index contributed by atoms with van der Waals surface area (Å²) >= 11 is 0. The molecule has 3 aromatic rings. The van der Waals surface area contributed by atoms with E-state index in [-0.39, 0.29) is 22.9 Å². The highest BCUT2D eigenvalue weighted by molar-refractivity contribution is 6.32. The summed E-state index contributed by atoms with van der Waals surface area (Å²) in [6.07, 6.45) is 1.38. The normalized spacial score (nSPS) is 14.7. The molecule has 0 radical (unpaired) electrons. The van der Waals surface area contributed by atoms with Crippen molar-refractivity contribution in [3.63, 3.8) is 0 Å². The number of ether oxygens (including phenoxy) is 1. The van der Waals surface area contributed by atoms with Crippen LogP contribution in [0.2, 0.25) is 0 Å². The van der Waals surface area contributed by atoms with Crippen molar-refractivity contribution >= 4 is 23.4 Å². The van der Waals surface area contributed by atoms with Crippen LogP contribution in [-0.4, -0.2) is 11.6 Å². The smallest absolute Gasteiger partial charge is 0.280 e. The third kappa shape index (κ3) is 4.09. The van der Waals surface area contributed by atoms with Gasteiger partial charge in [-0.05, 0) is 24.6 Å². The Hall–Kier alpha value is -4.01. The standard InChI is InChI=1S/C24H15F5N2O2/c1-13-16(11-15-9-5-6-10-17(15)33-12-14-7-3-2-4-8-14)24(32)31(30-13)23-21(28)19(26)18(25)20(27)22(23)29/h2-11H,12H2,1H3/b16-11-. The van der Waals surface area contributed by atoms with Gasteiger partial charge in [0.1, 0.15) is 18.0 Å². The molecule has 0 fully saturated rings. The van der Waals surface area contributed by atoms with Crippen LogP contribution < -0.4 is 9.75 Å². The van der Waals surface area contributed by atoms with Crippen molar-refractivity contribution in [1.82, 2.24) is 0 Å². The predicted octanol–water partition coefficient (Wildman–Crippen LogP) is 5.77. The predicted molar refractivity (Wildman–Crippen MR) is 112 cm³/mol. The average molecular weight is 458 g/mol. The molecule has 1 heterocycles. The van der Waals surface area contributed by atoms with Crippen molar-refractivity contribution in [2.75, 3.05) is 5.01 Å². The number of halogens is 5. The number of anilines is 1. The molecule has 1 aliphatic rings. The molecule has 0 aliphatic carbocycles. The maximum Gasteiger partial charge on any atom is 0.280 e. The van der Waals surface area contributed by atoms with Crippen LogP contribution in [-0.2, 0) is 11.4 Å². The molecule has 3 aromatic carbocycles. The number of hydrogen-bond acceptors (Lipinski definition) is 3. The number of hydrogen-bond donors (Lipinski definition) is 0. The first-order valence-electron chi connectivity index (χ1n) is 9.68. The highest BCUT2D eigenvalue weighted by Crippen LogP contribution is 2.34. The summed E-state index contributed by atoms with van der Waals surface area (Å²) in [5, 5.41) is 3.90. The van der Waals surface area contributed by atoms with Gasteiger partial charge in [0.2, 0.25) is 5.82 Å². The molecule has 0 atom stereocenters. The van der Waals surface area contributed by atoms with Crippen LogP contribution in [0.1, 0.15) is 18.1 Å². The molecular formula is C24H15F5N2O2. The number of carbonyl (C=O) groups excluding carboxylic acids is 1. The summed E-state index contributed by atoms with van der Waals surface area (Å²) in [7, 11) is 0. The van der Waals surface area contributed by atoms with E-state index >= 15 is 0 Å². The maximum absolute atomic E-state index is 14.2. The summed E-state index contributed by atoms with van der Waals surface area (Å²) in [6, 6.07) is 16.1. The fourth-order valence-corrected chi connectivity index (χ4v) is 3.24. The van der Waals surface area contributed by atoms with Crippen LogP contribution in [0.5, 0.6) is 5.75 Å². The lowest BCUT2D eigenvalue weighted by molar-refractivity contribution is -0.114. The fourth-order valence-electron chi connectivity index (χ4n) is 3.24. The van der Waals surface area contributed by atoms with Gasteiger partial charge >= 0.3 is 0 Å². The molecule has 168 valence electrons. The Morgan fingerprint density at radius 1 is 0.848 bits per heavy atom. The minimum Gasteiger partial charge on any atom is -0.488 e. The van der Waals surface area contributed by atoms with Crippen molar-refractivity contribution in [3.8, 4) is 5.75 Å². The van der Waals surface area contributed by atoms with Gasteiger partial charge in [-0.1, -0.05) is 48.5 Å². The van der Waals surface area contributed by atoms with Gasteiger partial charge in [0.05, 0.1) is 11.3 Å². The molecule has 0 saturated carbocycles. The minimum atomic E-state index is -2.32.